The van der Waals surface area contributed by atoms with E-state index in [2.05, 4.69) is 0 Å². The Hall–Kier alpha value is -1.54. The van der Waals surface area contributed by atoms with E-state index in [0.29, 0.717) is 26.4 Å². The summed E-state index contributed by atoms with van der Waals surface area (Å²) < 4.78 is 29.7. The van der Waals surface area contributed by atoms with E-state index in [9.17, 15) is 9.59 Å². The predicted octanol–water partition coefficient (Wildman–Crippen LogP) is 2.64. The summed E-state index contributed by atoms with van der Waals surface area (Å²) in [6.45, 7) is 9.91. The van der Waals surface area contributed by atoms with Crippen molar-refractivity contribution in [3.05, 3.63) is 0 Å². The average molecular weight is 350 g/mol. The molecule has 142 valence electrons. The van der Waals surface area contributed by atoms with Gasteiger partial charge >= 0.3 is 12.3 Å². The zero-order valence-electron chi connectivity index (χ0n) is 15.1. The molecule has 0 aliphatic heterocycles. The van der Waals surface area contributed by atoms with Gasteiger partial charge in [0.1, 0.15) is 13.2 Å². The minimum Gasteiger partial charge on any atom is -0.434 e. The Kier molecular flexibility index (Phi) is 14.1. The van der Waals surface area contributed by atoms with Crippen molar-refractivity contribution < 1.29 is 38.0 Å². The molecule has 0 saturated heterocycles. The Bertz CT molecular complexity index is 298. The highest BCUT2D eigenvalue weighted by Crippen LogP contribution is 1.96. The van der Waals surface area contributed by atoms with Gasteiger partial charge in [-0.3, -0.25) is 0 Å². The molecular weight excluding hydrogens is 320 g/mol. The van der Waals surface area contributed by atoms with Crippen molar-refractivity contribution in [1.82, 2.24) is 0 Å². The van der Waals surface area contributed by atoms with E-state index in [-0.39, 0.29) is 38.3 Å². The third-order valence-electron chi connectivity index (χ3n) is 2.34. The number of carbonyl (C=O) groups is 2. The second-order valence-corrected chi connectivity index (χ2v) is 5.83. The molecule has 0 amide bonds. The summed E-state index contributed by atoms with van der Waals surface area (Å²) in [7, 11) is 0. The Labute approximate surface area is 143 Å². The fourth-order valence-corrected chi connectivity index (χ4v) is 1.24. The molecule has 0 bridgehead atoms. The molecular formula is C16H30O8. The SMILES string of the molecule is CC(C)COC(=O)OCCOCCOCCOC(=O)OCC(C)C. The first kappa shape index (κ1) is 22.5. The van der Waals surface area contributed by atoms with Crippen LogP contribution in [0.2, 0.25) is 0 Å². The third kappa shape index (κ3) is 16.8. The van der Waals surface area contributed by atoms with Crippen LogP contribution in [0, 0.1) is 11.8 Å². The van der Waals surface area contributed by atoms with Crippen LogP contribution in [0.1, 0.15) is 27.7 Å². The van der Waals surface area contributed by atoms with E-state index in [4.69, 9.17) is 28.4 Å². The lowest BCUT2D eigenvalue weighted by Crippen LogP contribution is -2.17. The number of carbonyl (C=O) groups excluding carboxylic acids is 2. The molecule has 0 N–H and O–H groups in total. The lowest BCUT2D eigenvalue weighted by Gasteiger charge is -2.09. The van der Waals surface area contributed by atoms with Crippen LogP contribution < -0.4 is 0 Å². The van der Waals surface area contributed by atoms with Gasteiger partial charge in [0.2, 0.25) is 0 Å². The van der Waals surface area contributed by atoms with E-state index in [1.54, 1.807) is 0 Å². The van der Waals surface area contributed by atoms with Gasteiger partial charge in [0.05, 0.1) is 39.6 Å². The maximum atomic E-state index is 11.1. The monoisotopic (exact) mass is 350 g/mol. The molecule has 0 atom stereocenters. The summed E-state index contributed by atoms with van der Waals surface area (Å²) in [5, 5.41) is 0. The third-order valence-corrected chi connectivity index (χ3v) is 2.34. The summed E-state index contributed by atoms with van der Waals surface area (Å²) >= 11 is 0. The van der Waals surface area contributed by atoms with Crippen LogP contribution in [0.4, 0.5) is 9.59 Å². The number of rotatable bonds is 13. The zero-order valence-corrected chi connectivity index (χ0v) is 15.1. The average Bonchev–Trinajstić information content (AvgIpc) is 2.52. The molecule has 0 spiro atoms. The molecule has 0 aromatic carbocycles. The molecule has 0 aliphatic rings. The van der Waals surface area contributed by atoms with Crippen molar-refractivity contribution >= 4 is 12.3 Å². The lowest BCUT2D eigenvalue weighted by molar-refractivity contribution is -0.00676. The first-order valence-corrected chi connectivity index (χ1v) is 8.16. The highest BCUT2D eigenvalue weighted by atomic mass is 16.7. The smallest absolute Gasteiger partial charge is 0.434 e. The van der Waals surface area contributed by atoms with Crippen molar-refractivity contribution in [3.63, 3.8) is 0 Å². The van der Waals surface area contributed by atoms with Gasteiger partial charge in [-0.25, -0.2) is 9.59 Å². The van der Waals surface area contributed by atoms with Gasteiger partial charge in [0.25, 0.3) is 0 Å². The first-order chi connectivity index (χ1) is 11.4. The molecule has 0 aromatic heterocycles. The fraction of sp³-hybridized carbons (Fsp3) is 0.875. The normalized spacial score (nSPS) is 10.8. The van der Waals surface area contributed by atoms with Crippen molar-refractivity contribution in [2.24, 2.45) is 11.8 Å². The van der Waals surface area contributed by atoms with Crippen LogP contribution in [0.3, 0.4) is 0 Å². The van der Waals surface area contributed by atoms with Crippen LogP contribution in [-0.4, -0.2) is 65.2 Å². The van der Waals surface area contributed by atoms with E-state index >= 15 is 0 Å². The molecule has 8 heteroatoms. The molecule has 0 unspecified atom stereocenters. The van der Waals surface area contributed by atoms with Gasteiger partial charge in [-0.05, 0) is 11.8 Å². The van der Waals surface area contributed by atoms with Gasteiger partial charge in [0, 0.05) is 0 Å². The van der Waals surface area contributed by atoms with Crippen LogP contribution in [0.15, 0.2) is 0 Å². The molecule has 0 aliphatic carbocycles. The summed E-state index contributed by atoms with van der Waals surface area (Å²) in [5.41, 5.74) is 0. The first-order valence-electron chi connectivity index (χ1n) is 8.16. The van der Waals surface area contributed by atoms with E-state index in [0.717, 1.165) is 0 Å². The minimum absolute atomic E-state index is 0.127. The predicted molar refractivity (Wildman–Crippen MR) is 85.9 cm³/mol. The summed E-state index contributed by atoms with van der Waals surface area (Å²) in [4.78, 5) is 22.2. The summed E-state index contributed by atoms with van der Waals surface area (Å²) in [5.74, 6) is 0.541. The van der Waals surface area contributed by atoms with Crippen LogP contribution in [0.25, 0.3) is 0 Å². The zero-order chi connectivity index (χ0) is 18.2. The Morgan fingerprint density at radius 3 is 1.25 bits per heavy atom. The molecule has 0 aromatic rings. The highest BCUT2D eigenvalue weighted by Gasteiger charge is 2.06. The van der Waals surface area contributed by atoms with E-state index in [1.165, 1.54) is 0 Å². The van der Waals surface area contributed by atoms with E-state index in [1.807, 2.05) is 27.7 Å². The second kappa shape index (κ2) is 15.0. The van der Waals surface area contributed by atoms with Crippen molar-refractivity contribution in [2.75, 3.05) is 52.9 Å². The highest BCUT2D eigenvalue weighted by molar-refractivity contribution is 5.60. The Morgan fingerprint density at radius 2 is 0.917 bits per heavy atom. The maximum Gasteiger partial charge on any atom is 0.508 e. The largest absolute Gasteiger partial charge is 0.508 e. The Morgan fingerprint density at radius 1 is 0.583 bits per heavy atom. The van der Waals surface area contributed by atoms with Gasteiger partial charge < -0.3 is 28.4 Å². The van der Waals surface area contributed by atoms with Gasteiger partial charge in [-0.2, -0.15) is 0 Å². The second-order valence-electron chi connectivity index (χ2n) is 5.83. The lowest BCUT2D eigenvalue weighted by atomic mass is 10.2. The number of hydrogen-bond acceptors (Lipinski definition) is 8. The molecule has 0 fully saturated rings. The van der Waals surface area contributed by atoms with Crippen molar-refractivity contribution in [1.29, 1.82) is 0 Å². The van der Waals surface area contributed by atoms with Crippen molar-refractivity contribution in [3.8, 4) is 0 Å². The van der Waals surface area contributed by atoms with Gasteiger partial charge in [-0.1, -0.05) is 27.7 Å². The van der Waals surface area contributed by atoms with Gasteiger partial charge in [0.15, 0.2) is 0 Å². The number of hydrogen-bond donors (Lipinski definition) is 0. The van der Waals surface area contributed by atoms with Crippen LogP contribution in [-0.2, 0) is 28.4 Å². The van der Waals surface area contributed by atoms with Crippen molar-refractivity contribution in [2.45, 2.75) is 27.7 Å². The number of ether oxygens (including phenoxy) is 6. The molecule has 8 nitrogen and oxygen atoms in total. The minimum atomic E-state index is -0.690. The molecule has 0 heterocycles. The summed E-state index contributed by atoms with van der Waals surface area (Å²) in [6, 6.07) is 0. The fourth-order valence-electron chi connectivity index (χ4n) is 1.24. The topological polar surface area (TPSA) is 89.5 Å². The molecule has 0 rings (SSSR count). The van der Waals surface area contributed by atoms with Gasteiger partial charge in [-0.15, -0.1) is 0 Å². The van der Waals surface area contributed by atoms with Crippen LogP contribution in [0.5, 0.6) is 0 Å². The Balaban J connectivity index is 3.25. The summed E-state index contributed by atoms with van der Waals surface area (Å²) in [6.07, 6.45) is -1.38. The molecule has 0 saturated carbocycles. The standard InChI is InChI=1S/C16H30O8/c1-13(2)11-23-15(17)21-9-7-19-5-6-20-8-10-22-16(18)24-12-14(3)4/h13-14H,5-12H2,1-4H3. The quantitative estimate of drug-likeness (QED) is 0.370. The van der Waals surface area contributed by atoms with E-state index < -0.39 is 12.3 Å². The molecule has 0 radical (unpaired) electrons. The van der Waals surface area contributed by atoms with Crippen LogP contribution >= 0.6 is 0 Å². The molecule has 24 heavy (non-hydrogen) atoms. The maximum absolute atomic E-state index is 11.1.